The topological polar surface area (TPSA) is 58.3 Å². The second-order valence-electron chi connectivity index (χ2n) is 4.80. The van der Waals surface area contributed by atoms with E-state index in [0.717, 1.165) is 31.4 Å². The fourth-order valence-electron chi connectivity index (χ4n) is 2.20. The van der Waals surface area contributed by atoms with Crippen molar-refractivity contribution in [3.63, 3.8) is 0 Å². The zero-order valence-corrected chi connectivity index (χ0v) is 10.6. The molecule has 0 spiro atoms. The summed E-state index contributed by atoms with van der Waals surface area (Å²) in [5.74, 6) is 2.38. The predicted octanol–water partition coefficient (Wildman–Crippen LogP) is 0.718. The highest BCUT2D eigenvalue weighted by Crippen LogP contribution is 2.21. The summed E-state index contributed by atoms with van der Waals surface area (Å²) in [4.78, 5) is 13.0. The van der Waals surface area contributed by atoms with Crippen molar-refractivity contribution in [3.8, 4) is 0 Å². The third-order valence-electron chi connectivity index (χ3n) is 3.20. The molecule has 1 aliphatic rings. The lowest BCUT2D eigenvalue weighted by Gasteiger charge is -2.33. The van der Waals surface area contributed by atoms with Gasteiger partial charge in [-0.2, -0.15) is 4.98 Å². The van der Waals surface area contributed by atoms with E-state index in [4.69, 9.17) is 5.73 Å². The van der Waals surface area contributed by atoms with Crippen molar-refractivity contribution < 1.29 is 0 Å². The molecule has 1 aromatic heterocycles. The van der Waals surface area contributed by atoms with Crippen LogP contribution in [0.5, 0.6) is 0 Å². The van der Waals surface area contributed by atoms with Gasteiger partial charge in [0.1, 0.15) is 5.82 Å². The van der Waals surface area contributed by atoms with Crippen molar-refractivity contribution in [3.05, 3.63) is 12.3 Å². The molecule has 5 nitrogen and oxygen atoms in total. The van der Waals surface area contributed by atoms with E-state index in [1.807, 2.05) is 31.3 Å². The van der Waals surface area contributed by atoms with Gasteiger partial charge in [-0.15, -0.1) is 0 Å². The maximum atomic E-state index is 5.75. The summed E-state index contributed by atoms with van der Waals surface area (Å²) in [6, 6.07) is 1.98. The van der Waals surface area contributed by atoms with E-state index >= 15 is 0 Å². The van der Waals surface area contributed by atoms with Crippen LogP contribution in [0.2, 0.25) is 0 Å². The number of hydrogen-bond donors (Lipinski definition) is 1. The lowest BCUT2D eigenvalue weighted by Crippen LogP contribution is -2.39. The maximum Gasteiger partial charge on any atom is 0.226 e. The summed E-state index contributed by atoms with van der Waals surface area (Å²) in [6.07, 6.45) is 4.26. The van der Waals surface area contributed by atoms with Gasteiger partial charge in [0.25, 0.3) is 0 Å². The molecule has 0 amide bonds. The van der Waals surface area contributed by atoms with Crippen LogP contribution in [0.4, 0.5) is 11.8 Å². The number of hydrogen-bond acceptors (Lipinski definition) is 5. The molecule has 1 atom stereocenters. The Morgan fingerprint density at radius 2 is 2.35 bits per heavy atom. The molecule has 17 heavy (non-hydrogen) atoms. The molecule has 0 aliphatic carbocycles. The quantitative estimate of drug-likeness (QED) is 0.836. The first kappa shape index (κ1) is 12.1. The molecule has 1 aromatic rings. The molecule has 1 fully saturated rings. The number of piperidine rings is 1. The highest BCUT2D eigenvalue weighted by Gasteiger charge is 2.20. The van der Waals surface area contributed by atoms with E-state index in [0.29, 0.717) is 5.92 Å². The molecular weight excluding hydrogens is 214 g/mol. The number of nitrogens with zero attached hydrogens (tertiary/aromatic N) is 4. The lowest BCUT2D eigenvalue weighted by atomic mass is 9.98. The minimum Gasteiger partial charge on any atom is -0.356 e. The van der Waals surface area contributed by atoms with Crippen molar-refractivity contribution in [1.82, 2.24) is 9.97 Å². The fourth-order valence-corrected chi connectivity index (χ4v) is 2.20. The van der Waals surface area contributed by atoms with Gasteiger partial charge in [0.15, 0.2) is 0 Å². The van der Waals surface area contributed by atoms with E-state index in [2.05, 4.69) is 14.9 Å². The van der Waals surface area contributed by atoms with Crippen molar-refractivity contribution in [2.24, 2.45) is 11.7 Å². The third kappa shape index (κ3) is 2.85. The highest BCUT2D eigenvalue weighted by atomic mass is 15.3. The zero-order chi connectivity index (χ0) is 12.3. The standard InChI is InChI=1S/C12H21N5/c1-16(2)12-14-6-5-11(15-12)17-7-3-4-10(8-13)9-17/h5-6,10H,3-4,7-9,13H2,1-2H3. The molecule has 0 aromatic carbocycles. The molecule has 0 saturated carbocycles. The van der Waals surface area contributed by atoms with Gasteiger partial charge < -0.3 is 15.5 Å². The first-order valence-corrected chi connectivity index (χ1v) is 6.16. The first-order valence-electron chi connectivity index (χ1n) is 6.16. The van der Waals surface area contributed by atoms with Gasteiger partial charge >= 0.3 is 0 Å². The molecule has 0 radical (unpaired) electrons. The van der Waals surface area contributed by atoms with Crippen LogP contribution < -0.4 is 15.5 Å². The second-order valence-corrected chi connectivity index (χ2v) is 4.80. The maximum absolute atomic E-state index is 5.75. The number of anilines is 2. The van der Waals surface area contributed by atoms with Crippen LogP contribution in [0.25, 0.3) is 0 Å². The van der Waals surface area contributed by atoms with E-state index < -0.39 is 0 Å². The normalized spacial score (nSPS) is 20.4. The molecule has 2 heterocycles. The van der Waals surface area contributed by atoms with Crippen LogP contribution in [0, 0.1) is 5.92 Å². The fraction of sp³-hybridized carbons (Fsp3) is 0.667. The van der Waals surface area contributed by atoms with Gasteiger partial charge in [-0.3, -0.25) is 0 Å². The van der Waals surface area contributed by atoms with Gasteiger partial charge in [-0.25, -0.2) is 4.98 Å². The minimum absolute atomic E-state index is 0.599. The zero-order valence-electron chi connectivity index (χ0n) is 10.6. The minimum atomic E-state index is 0.599. The van der Waals surface area contributed by atoms with Gasteiger partial charge in [-0.1, -0.05) is 0 Å². The van der Waals surface area contributed by atoms with Crippen molar-refractivity contribution in [1.29, 1.82) is 0 Å². The van der Waals surface area contributed by atoms with E-state index in [9.17, 15) is 0 Å². The molecule has 0 bridgehead atoms. The Kier molecular flexibility index (Phi) is 3.78. The molecule has 2 N–H and O–H groups in total. The van der Waals surface area contributed by atoms with Crippen molar-refractivity contribution in [2.75, 3.05) is 43.5 Å². The van der Waals surface area contributed by atoms with E-state index in [1.54, 1.807) is 0 Å². The van der Waals surface area contributed by atoms with E-state index in [1.165, 1.54) is 12.8 Å². The summed E-state index contributed by atoms with van der Waals surface area (Å²) in [7, 11) is 3.91. The van der Waals surface area contributed by atoms with Crippen molar-refractivity contribution >= 4 is 11.8 Å². The molecule has 2 rings (SSSR count). The molecule has 1 aliphatic heterocycles. The molecule has 1 unspecified atom stereocenters. The summed E-state index contributed by atoms with van der Waals surface area (Å²) in [6.45, 7) is 2.85. The predicted molar refractivity (Wildman–Crippen MR) is 70.4 cm³/mol. The largest absolute Gasteiger partial charge is 0.356 e. The average molecular weight is 235 g/mol. The molecule has 1 saturated heterocycles. The Morgan fingerprint density at radius 3 is 3.06 bits per heavy atom. The Hall–Kier alpha value is -1.36. The van der Waals surface area contributed by atoms with Crippen LogP contribution in [0.1, 0.15) is 12.8 Å². The van der Waals surface area contributed by atoms with Crippen LogP contribution in [-0.2, 0) is 0 Å². The van der Waals surface area contributed by atoms with Crippen LogP contribution >= 0.6 is 0 Å². The van der Waals surface area contributed by atoms with Gasteiger partial charge in [0, 0.05) is 33.4 Å². The van der Waals surface area contributed by atoms with Crippen LogP contribution in [0.3, 0.4) is 0 Å². The molecule has 94 valence electrons. The first-order chi connectivity index (χ1) is 8.20. The Balaban J connectivity index is 2.13. The number of nitrogens with two attached hydrogens (primary N) is 1. The number of aromatic nitrogens is 2. The Morgan fingerprint density at radius 1 is 1.53 bits per heavy atom. The summed E-state index contributed by atoms with van der Waals surface area (Å²) in [5.41, 5.74) is 5.75. The van der Waals surface area contributed by atoms with Crippen molar-refractivity contribution in [2.45, 2.75) is 12.8 Å². The summed E-state index contributed by atoms with van der Waals surface area (Å²) >= 11 is 0. The monoisotopic (exact) mass is 235 g/mol. The second kappa shape index (κ2) is 5.31. The summed E-state index contributed by atoms with van der Waals surface area (Å²) in [5, 5.41) is 0. The van der Waals surface area contributed by atoms with Crippen LogP contribution in [-0.4, -0.2) is 43.7 Å². The Labute approximate surface area is 103 Å². The highest BCUT2D eigenvalue weighted by molar-refractivity contribution is 5.43. The average Bonchev–Trinajstić information content (AvgIpc) is 2.39. The van der Waals surface area contributed by atoms with Gasteiger partial charge in [0.05, 0.1) is 0 Å². The molecule has 5 heteroatoms. The van der Waals surface area contributed by atoms with Gasteiger partial charge in [0.2, 0.25) is 5.95 Å². The van der Waals surface area contributed by atoms with Crippen LogP contribution in [0.15, 0.2) is 12.3 Å². The Bertz CT molecular complexity index is 366. The third-order valence-corrected chi connectivity index (χ3v) is 3.20. The lowest BCUT2D eigenvalue weighted by molar-refractivity contribution is 0.421. The summed E-state index contributed by atoms with van der Waals surface area (Å²) < 4.78 is 0. The number of rotatable bonds is 3. The smallest absolute Gasteiger partial charge is 0.226 e. The van der Waals surface area contributed by atoms with E-state index in [-0.39, 0.29) is 0 Å². The SMILES string of the molecule is CN(C)c1nccc(N2CCCC(CN)C2)n1. The molecular formula is C12H21N5. The van der Waals surface area contributed by atoms with Gasteiger partial charge in [-0.05, 0) is 31.4 Å².